The lowest BCUT2D eigenvalue weighted by atomic mass is 10.1. The Bertz CT molecular complexity index is 1750. The zero-order valence-corrected chi connectivity index (χ0v) is 20.3. The Kier molecular flexibility index (Phi) is 5.61. The van der Waals surface area contributed by atoms with Gasteiger partial charge in [0.1, 0.15) is 11.3 Å². The summed E-state index contributed by atoms with van der Waals surface area (Å²) in [5.41, 5.74) is 13.2. The van der Waals surface area contributed by atoms with Gasteiger partial charge in [-0.1, -0.05) is 30.3 Å². The van der Waals surface area contributed by atoms with Crippen molar-refractivity contribution < 1.29 is 4.79 Å². The Morgan fingerprint density at radius 3 is 2.73 bits per heavy atom. The average molecular weight is 488 g/mol. The van der Waals surface area contributed by atoms with Gasteiger partial charge in [-0.3, -0.25) is 9.36 Å². The molecule has 1 amide bonds. The number of nitrogens with two attached hydrogens (primary N) is 1. The molecule has 0 saturated carbocycles. The number of aromatic amines is 1. The number of benzene rings is 2. The summed E-state index contributed by atoms with van der Waals surface area (Å²) < 4.78 is 2.00. The predicted molar refractivity (Wildman–Crippen MR) is 146 cm³/mol. The number of carbonyl (C=O) groups is 1. The van der Waals surface area contributed by atoms with Gasteiger partial charge < -0.3 is 16.0 Å². The molecule has 8 nitrogen and oxygen atoms in total. The van der Waals surface area contributed by atoms with E-state index in [-0.39, 0.29) is 5.91 Å². The second-order valence-electron chi connectivity index (χ2n) is 8.98. The van der Waals surface area contributed by atoms with Crippen molar-refractivity contribution in [3.63, 3.8) is 0 Å². The highest BCUT2D eigenvalue weighted by atomic mass is 16.1. The molecule has 0 bridgehead atoms. The van der Waals surface area contributed by atoms with E-state index in [4.69, 9.17) is 10.7 Å². The maximum Gasteiger partial charge on any atom is 0.253 e. The molecule has 4 aromatic heterocycles. The Morgan fingerprint density at radius 1 is 1.05 bits per heavy atom. The molecule has 0 aliphatic rings. The number of hydrogen-bond donors (Lipinski definition) is 3. The standard InChI is InChI=1S/C29H25N7O/c1-18-15-25-28(34-16-18)36(27(35-25)22-6-4-13-31-26(22)30)20-10-8-19(9-11-20)12-14-32-29(37)23-17-33-24-7-3-2-5-21(23)24/h2-11,13,15-17,33H,12,14H2,1H3,(H2,30,31)(H,32,37). The molecule has 0 radical (unpaired) electrons. The first-order chi connectivity index (χ1) is 18.1. The molecule has 6 rings (SSSR count). The SMILES string of the molecule is Cc1cnc2c(c1)nc(-c1cccnc1N)n2-c1ccc(CCNC(=O)c2c[nH]c3ccccc23)cc1. The van der Waals surface area contributed by atoms with Crippen LogP contribution in [-0.2, 0) is 6.42 Å². The molecule has 0 aliphatic heterocycles. The second kappa shape index (κ2) is 9.23. The maximum atomic E-state index is 12.7. The minimum atomic E-state index is -0.0842. The zero-order valence-electron chi connectivity index (χ0n) is 20.3. The van der Waals surface area contributed by atoms with E-state index in [0.29, 0.717) is 30.2 Å². The largest absolute Gasteiger partial charge is 0.383 e. The van der Waals surface area contributed by atoms with E-state index < -0.39 is 0 Å². The summed E-state index contributed by atoms with van der Waals surface area (Å²) in [6.45, 7) is 2.53. The lowest BCUT2D eigenvalue weighted by Gasteiger charge is -2.11. The fourth-order valence-corrected chi connectivity index (χ4v) is 4.58. The van der Waals surface area contributed by atoms with Gasteiger partial charge in [-0.15, -0.1) is 0 Å². The van der Waals surface area contributed by atoms with Crippen molar-refractivity contribution in [2.45, 2.75) is 13.3 Å². The summed E-state index contributed by atoms with van der Waals surface area (Å²) in [7, 11) is 0. The molecule has 182 valence electrons. The number of aromatic nitrogens is 5. The van der Waals surface area contributed by atoms with Crippen LogP contribution < -0.4 is 11.1 Å². The van der Waals surface area contributed by atoms with E-state index in [0.717, 1.165) is 44.4 Å². The summed E-state index contributed by atoms with van der Waals surface area (Å²) in [6.07, 6.45) is 5.97. The van der Waals surface area contributed by atoms with Gasteiger partial charge in [0.05, 0.1) is 11.1 Å². The molecule has 4 heterocycles. The van der Waals surface area contributed by atoms with Gasteiger partial charge in [-0.2, -0.15) is 0 Å². The molecule has 0 unspecified atom stereocenters. The van der Waals surface area contributed by atoms with Gasteiger partial charge in [0, 0.05) is 41.7 Å². The van der Waals surface area contributed by atoms with E-state index in [1.54, 1.807) is 12.4 Å². The second-order valence-corrected chi connectivity index (χ2v) is 8.98. The fraction of sp³-hybridized carbons (Fsp3) is 0.103. The third kappa shape index (κ3) is 4.18. The number of amides is 1. The first kappa shape index (κ1) is 22.5. The van der Waals surface area contributed by atoms with Crippen molar-refractivity contribution >= 4 is 33.8 Å². The number of para-hydroxylation sites is 1. The maximum absolute atomic E-state index is 12.7. The Balaban J connectivity index is 1.24. The Morgan fingerprint density at radius 2 is 1.89 bits per heavy atom. The normalized spacial score (nSPS) is 11.3. The van der Waals surface area contributed by atoms with Crippen molar-refractivity contribution in [2.24, 2.45) is 0 Å². The van der Waals surface area contributed by atoms with Crippen LogP contribution in [0.4, 0.5) is 5.82 Å². The number of hydrogen-bond acceptors (Lipinski definition) is 5. The van der Waals surface area contributed by atoms with Crippen molar-refractivity contribution in [3.05, 3.63) is 102 Å². The molecule has 0 atom stereocenters. The number of rotatable bonds is 6. The van der Waals surface area contributed by atoms with Crippen molar-refractivity contribution in [3.8, 4) is 17.1 Å². The quantitative estimate of drug-likeness (QED) is 0.311. The predicted octanol–water partition coefficient (Wildman–Crippen LogP) is 4.83. The monoisotopic (exact) mass is 487 g/mol. The van der Waals surface area contributed by atoms with Gasteiger partial charge in [-0.05, 0) is 60.9 Å². The van der Waals surface area contributed by atoms with Crippen LogP contribution in [0, 0.1) is 6.92 Å². The van der Waals surface area contributed by atoms with E-state index in [1.165, 1.54) is 0 Å². The minimum absolute atomic E-state index is 0.0842. The van der Waals surface area contributed by atoms with Gasteiger partial charge in [0.25, 0.3) is 5.91 Å². The third-order valence-corrected chi connectivity index (χ3v) is 6.44. The third-order valence-electron chi connectivity index (χ3n) is 6.44. The minimum Gasteiger partial charge on any atom is -0.383 e. The Labute approximate surface area is 213 Å². The highest BCUT2D eigenvalue weighted by Crippen LogP contribution is 2.30. The molecule has 0 spiro atoms. The summed E-state index contributed by atoms with van der Waals surface area (Å²) in [4.78, 5) is 29.6. The number of fused-ring (bicyclic) bond motifs is 2. The first-order valence-electron chi connectivity index (χ1n) is 12.1. The van der Waals surface area contributed by atoms with Gasteiger partial charge in [0.2, 0.25) is 0 Å². The Hall–Kier alpha value is -4.98. The molecule has 0 fully saturated rings. The van der Waals surface area contributed by atoms with Crippen LogP contribution in [0.2, 0.25) is 0 Å². The highest BCUT2D eigenvalue weighted by Gasteiger charge is 2.18. The number of carbonyl (C=O) groups excluding carboxylic acids is 1. The molecule has 37 heavy (non-hydrogen) atoms. The molecule has 6 aromatic rings. The highest BCUT2D eigenvalue weighted by molar-refractivity contribution is 6.06. The first-order valence-corrected chi connectivity index (χ1v) is 12.1. The molecule has 0 saturated heterocycles. The van der Waals surface area contributed by atoms with Gasteiger partial charge in [-0.25, -0.2) is 15.0 Å². The molecular weight excluding hydrogens is 462 g/mol. The summed E-state index contributed by atoms with van der Waals surface area (Å²) >= 11 is 0. The number of pyridine rings is 2. The number of anilines is 1. The molecule has 2 aromatic carbocycles. The van der Waals surface area contributed by atoms with Crippen LogP contribution in [-0.4, -0.2) is 37.0 Å². The van der Waals surface area contributed by atoms with Crippen LogP contribution in [0.25, 0.3) is 39.1 Å². The lowest BCUT2D eigenvalue weighted by Crippen LogP contribution is -2.25. The van der Waals surface area contributed by atoms with Crippen molar-refractivity contribution in [2.75, 3.05) is 12.3 Å². The molecule has 4 N–H and O–H groups in total. The zero-order chi connectivity index (χ0) is 25.4. The summed E-state index contributed by atoms with van der Waals surface area (Å²) in [5.74, 6) is 1.02. The number of imidazole rings is 1. The number of nitrogen functional groups attached to an aromatic ring is 1. The summed E-state index contributed by atoms with van der Waals surface area (Å²) in [6, 6.07) is 21.8. The molecule has 8 heteroatoms. The van der Waals surface area contributed by atoms with Crippen LogP contribution in [0.1, 0.15) is 21.5 Å². The molecule has 0 aliphatic carbocycles. The number of H-pyrrole nitrogens is 1. The van der Waals surface area contributed by atoms with E-state index >= 15 is 0 Å². The van der Waals surface area contributed by atoms with Crippen molar-refractivity contribution in [1.82, 2.24) is 29.8 Å². The number of nitrogens with one attached hydrogen (secondary N) is 2. The molecular formula is C29H25N7O. The van der Waals surface area contributed by atoms with Gasteiger partial charge >= 0.3 is 0 Å². The summed E-state index contributed by atoms with van der Waals surface area (Å²) in [5, 5.41) is 3.95. The van der Waals surface area contributed by atoms with Crippen LogP contribution in [0.3, 0.4) is 0 Å². The van der Waals surface area contributed by atoms with E-state index in [2.05, 4.69) is 32.4 Å². The van der Waals surface area contributed by atoms with Crippen molar-refractivity contribution in [1.29, 1.82) is 0 Å². The fourth-order valence-electron chi connectivity index (χ4n) is 4.58. The van der Waals surface area contributed by atoms with Crippen LogP contribution in [0.15, 0.2) is 85.3 Å². The van der Waals surface area contributed by atoms with Crippen LogP contribution in [0.5, 0.6) is 0 Å². The smallest absolute Gasteiger partial charge is 0.253 e. The van der Waals surface area contributed by atoms with E-state index in [9.17, 15) is 4.79 Å². The topological polar surface area (TPSA) is 115 Å². The van der Waals surface area contributed by atoms with E-state index in [1.807, 2.05) is 72.3 Å². The van der Waals surface area contributed by atoms with Gasteiger partial charge in [0.15, 0.2) is 11.5 Å². The number of nitrogens with zero attached hydrogens (tertiary/aromatic N) is 4. The lowest BCUT2D eigenvalue weighted by molar-refractivity contribution is 0.0956. The van der Waals surface area contributed by atoms with Crippen LogP contribution >= 0.6 is 0 Å². The number of aryl methyl sites for hydroxylation is 1. The average Bonchev–Trinajstić information content (AvgIpc) is 3.51.